The largest absolute Gasteiger partial charge is 0.491 e. The second-order valence-electron chi connectivity index (χ2n) is 5.10. The Balaban J connectivity index is 1.81. The summed E-state index contributed by atoms with van der Waals surface area (Å²) in [7, 11) is 0. The maximum atomic E-state index is 13.3. The predicted molar refractivity (Wildman–Crippen MR) is 69.2 cm³/mol. The Morgan fingerprint density at radius 1 is 1.42 bits per heavy atom. The van der Waals surface area contributed by atoms with Crippen molar-refractivity contribution in [3.63, 3.8) is 0 Å². The van der Waals surface area contributed by atoms with Gasteiger partial charge in [-0.3, -0.25) is 0 Å². The molecule has 1 saturated carbocycles. The SMILES string of the molecule is N#Cc1ccc(OCC(O)CC2CCCC2)cc1F. The van der Waals surface area contributed by atoms with Crippen LogP contribution in [0, 0.1) is 23.1 Å². The number of nitrogens with zero attached hydrogens (tertiary/aromatic N) is 1. The molecule has 102 valence electrons. The minimum atomic E-state index is -0.592. The van der Waals surface area contributed by atoms with E-state index >= 15 is 0 Å². The van der Waals surface area contributed by atoms with E-state index in [1.165, 1.54) is 37.8 Å². The molecule has 1 N–H and O–H groups in total. The van der Waals surface area contributed by atoms with Gasteiger partial charge in [-0.05, 0) is 24.5 Å². The lowest BCUT2D eigenvalue weighted by Gasteiger charge is -2.16. The van der Waals surface area contributed by atoms with Gasteiger partial charge in [0.2, 0.25) is 0 Å². The van der Waals surface area contributed by atoms with Crippen LogP contribution in [0.15, 0.2) is 18.2 Å². The average molecular weight is 263 g/mol. The van der Waals surface area contributed by atoms with Gasteiger partial charge in [0.25, 0.3) is 0 Å². The Labute approximate surface area is 112 Å². The minimum Gasteiger partial charge on any atom is -0.491 e. The second kappa shape index (κ2) is 6.53. The van der Waals surface area contributed by atoms with E-state index in [1.54, 1.807) is 12.1 Å². The smallest absolute Gasteiger partial charge is 0.144 e. The predicted octanol–water partition coefficient (Wildman–Crippen LogP) is 3.02. The first-order valence-corrected chi connectivity index (χ1v) is 6.69. The van der Waals surface area contributed by atoms with Gasteiger partial charge in [-0.15, -0.1) is 0 Å². The summed E-state index contributed by atoms with van der Waals surface area (Å²) < 4.78 is 18.7. The summed E-state index contributed by atoms with van der Waals surface area (Å²) in [5.74, 6) is 0.351. The van der Waals surface area contributed by atoms with E-state index in [9.17, 15) is 9.50 Å². The monoisotopic (exact) mass is 263 g/mol. The van der Waals surface area contributed by atoms with Crippen LogP contribution in [0.5, 0.6) is 5.75 Å². The molecule has 0 saturated heterocycles. The van der Waals surface area contributed by atoms with Crippen molar-refractivity contribution < 1.29 is 14.2 Å². The molecule has 4 heteroatoms. The standard InChI is InChI=1S/C15H18FNO2/c16-15-8-14(6-5-12(15)9-17)19-10-13(18)7-11-3-1-2-4-11/h5-6,8,11,13,18H,1-4,7,10H2. The Morgan fingerprint density at radius 2 is 2.16 bits per heavy atom. The highest BCUT2D eigenvalue weighted by molar-refractivity contribution is 5.36. The molecule has 2 rings (SSSR count). The third-order valence-electron chi connectivity index (χ3n) is 3.58. The van der Waals surface area contributed by atoms with E-state index in [0.717, 1.165) is 6.42 Å². The van der Waals surface area contributed by atoms with Gasteiger partial charge in [-0.25, -0.2) is 4.39 Å². The maximum Gasteiger partial charge on any atom is 0.144 e. The number of hydrogen-bond acceptors (Lipinski definition) is 3. The Kier molecular flexibility index (Phi) is 4.75. The van der Waals surface area contributed by atoms with Gasteiger partial charge >= 0.3 is 0 Å². The number of nitriles is 1. The molecule has 19 heavy (non-hydrogen) atoms. The normalized spacial score (nSPS) is 17.1. The molecule has 0 heterocycles. The highest BCUT2D eigenvalue weighted by Crippen LogP contribution is 2.28. The summed E-state index contributed by atoms with van der Waals surface area (Å²) >= 11 is 0. The number of rotatable bonds is 5. The Morgan fingerprint density at radius 3 is 2.79 bits per heavy atom. The van der Waals surface area contributed by atoms with E-state index < -0.39 is 11.9 Å². The quantitative estimate of drug-likeness (QED) is 0.888. The first-order valence-electron chi connectivity index (χ1n) is 6.69. The molecule has 0 aliphatic heterocycles. The van der Waals surface area contributed by atoms with E-state index in [-0.39, 0.29) is 12.2 Å². The molecule has 1 fully saturated rings. The van der Waals surface area contributed by atoms with Crippen LogP contribution < -0.4 is 4.74 Å². The molecule has 1 unspecified atom stereocenters. The lowest BCUT2D eigenvalue weighted by Crippen LogP contribution is -2.20. The third kappa shape index (κ3) is 3.93. The minimum absolute atomic E-state index is 0.00106. The Hall–Kier alpha value is -1.60. The van der Waals surface area contributed by atoms with Gasteiger partial charge in [0.1, 0.15) is 24.2 Å². The summed E-state index contributed by atoms with van der Waals surface area (Å²) in [6, 6.07) is 5.87. The van der Waals surface area contributed by atoms with E-state index in [0.29, 0.717) is 11.7 Å². The number of benzene rings is 1. The van der Waals surface area contributed by atoms with Crippen molar-refractivity contribution in [1.82, 2.24) is 0 Å². The molecule has 0 radical (unpaired) electrons. The van der Waals surface area contributed by atoms with Crippen molar-refractivity contribution in [2.45, 2.75) is 38.2 Å². The topological polar surface area (TPSA) is 53.2 Å². The van der Waals surface area contributed by atoms with Crippen LogP contribution in [0.4, 0.5) is 4.39 Å². The molecule has 1 aliphatic rings. The highest BCUT2D eigenvalue weighted by Gasteiger charge is 2.19. The summed E-state index contributed by atoms with van der Waals surface area (Å²) in [6.07, 6.45) is 5.10. The highest BCUT2D eigenvalue weighted by atomic mass is 19.1. The Bertz CT molecular complexity index is 464. The molecular formula is C15H18FNO2. The van der Waals surface area contributed by atoms with Gasteiger partial charge < -0.3 is 9.84 Å². The zero-order valence-electron chi connectivity index (χ0n) is 10.8. The fourth-order valence-electron chi connectivity index (χ4n) is 2.57. The molecule has 1 aliphatic carbocycles. The number of halogens is 1. The van der Waals surface area contributed by atoms with E-state index in [1.807, 2.05) is 0 Å². The zero-order valence-corrected chi connectivity index (χ0v) is 10.8. The van der Waals surface area contributed by atoms with Crippen molar-refractivity contribution in [1.29, 1.82) is 5.26 Å². The van der Waals surface area contributed by atoms with Gasteiger partial charge in [0.05, 0.1) is 11.7 Å². The van der Waals surface area contributed by atoms with Gasteiger partial charge in [0.15, 0.2) is 0 Å². The average Bonchev–Trinajstić information content (AvgIpc) is 2.89. The van der Waals surface area contributed by atoms with Gasteiger partial charge in [-0.1, -0.05) is 25.7 Å². The van der Waals surface area contributed by atoms with Crippen LogP contribution in [0.2, 0.25) is 0 Å². The van der Waals surface area contributed by atoms with Crippen molar-refractivity contribution in [3.8, 4) is 11.8 Å². The second-order valence-corrected chi connectivity index (χ2v) is 5.10. The van der Waals surface area contributed by atoms with Crippen LogP contribution in [0.25, 0.3) is 0 Å². The fourth-order valence-corrected chi connectivity index (χ4v) is 2.57. The summed E-state index contributed by atoms with van der Waals surface area (Å²) in [4.78, 5) is 0. The van der Waals surface area contributed by atoms with Crippen molar-refractivity contribution in [3.05, 3.63) is 29.6 Å². The molecule has 1 atom stereocenters. The third-order valence-corrected chi connectivity index (χ3v) is 3.58. The van der Waals surface area contributed by atoms with Crippen LogP contribution in [-0.4, -0.2) is 17.8 Å². The van der Waals surface area contributed by atoms with Crippen molar-refractivity contribution >= 4 is 0 Å². The first kappa shape index (κ1) is 13.8. The van der Waals surface area contributed by atoms with Crippen molar-refractivity contribution in [2.75, 3.05) is 6.61 Å². The number of hydrogen-bond donors (Lipinski definition) is 1. The lowest BCUT2D eigenvalue weighted by molar-refractivity contribution is 0.0854. The summed E-state index contributed by atoms with van der Waals surface area (Å²) in [5.41, 5.74) is -0.00106. The van der Waals surface area contributed by atoms with Crippen LogP contribution in [-0.2, 0) is 0 Å². The number of ether oxygens (including phenoxy) is 1. The van der Waals surface area contributed by atoms with Crippen LogP contribution >= 0.6 is 0 Å². The van der Waals surface area contributed by atoms with Gasteiger partial charge in [-0.2, -0.15) is 5.26 Å². The molecule has 0 amide bonds. The van der Waals surface area contributed by atoms with E-state index in [2.05, 4.69) is 0 Å². The van der Waals surface area contributed by atoms with Crippen LogP contribution in [0.1, 0.15) is 37.7 Å². The first-order chi connectivity index (χ1) is 9.19. The summed E-state index contributed by atoms with van der Waals surface area (Å²) in [6.45, 7) is 0.168. The molecule has 3 nitrogen and oxygen atoms in total. The van der Waals surface area contributed by atoms with Crippen LogP contribution in [0.3, 0.4) is 0 Å². The lowest BCUT2D eigenvalue weighted by atomic mass is 10.0. The number of aliphatic hydroxyl groups is 1. The molecule has 0 bridgehead atoms. The number of aliphatic hydroxyl groups excluding tert-OH is 1. The van der Waals surface area contributed by atoms with E-state index in [4.69, 9.17) is 10.00 Å². The van der Waals surface area contributed by atoms with Gasteiger partial charge in [0, 0.05) is 6.07 Å². The molecule has 1 aromatic rings. The molecular weight excluding hydrogens is 245 g/mol. The molecule has 0 spiro atoms. The molecule has 1 aromatic carbocycles. The fraction of sp³-hybridized carbons (Fsp3) is 0.533. The zero-order chi connectivity index (χ0) is 13.7. The molecule has 0 aromatic heterocycles. The van der Waals surface area contributed by atoms with Crippen molar-refractivity contribution in [2.24, 2.45) is 5.92 Å². The summed E-state index contributed by atoms with van der Waals surface area (Å²) in [5, 5.41) is 18.5. The maximum absolute atomic E-state index is 13.3.